The van der Waals surface area contributed by atoms with Crippen molar-refractivity contribution in [3.05, 3.63) is 89.0 Å². The van der Waals surface area contributed by atoms with Gasteiger partial charge in [0.15, 0.2) is 0 Å². The fourth-order valence-electron chi connectivity index (χ4n) is 9.04. The van der Waals surface area contributed by atoms with E-state index in [1.807, 2.05) is 0 Å². The van der Waals surface area contributed by atoms with Crippen molar-refractivity contribution in [2.45, 2.75) is 135 Å². The van der Waals surface area contributed by atoms with Gasteiger partial charge in [-0.3, -0.25) is 4.90 Å². The van der Waals surface area contributed by atoms with Gasteiger partial charge in [-0.15, -0.1) is 0 Å². The number of rotatable bonds is 7. The van der Waals surface area contributed by atoms with Crippen LogP contribution in [-0.2, 0) is 16.2 Å². The molecule has 6 rings (SSSR count). The lowest BCUT2D eigenvalue weighted by atomic mass is 9.86. The molecule has 2 unspecified atom stereocenters. The lowest BCUT2D eigenvalue weighted by Crippen LogP contribution is -2.63. The van der Waals surface area contributed by atoms with Crippen LogP contribution in [0.5, 0.6) is 0 Å². The molecular formula is C47H72N6. The van der Waals surface area contributed by atoms with E-state index in [0.29, 0.717) is 30.2 Å². The molecule has 0 bridgehead atoms. The number of likely N-dealkylation sites (N-methyl/N-ethyl adjacent to an activating group) is 1. The van der Waals surface area contributed by atoms with Crippen molar-refractivity contribution in [1.82, 2.24) is 15.5 Å². The zero-order chi connectivity index (χ0) is 38.3. The monoisotopic (exact) mass is 721 g/mol. The Hall–Kier alpha value is -3.06. The van der Waals surface area contributed by atoms with Crippen molar-refractivity contribution >= 4 is 17.1 Å². The van der Waals surface area contributed by atoms with E-state index in [1.54, 1.807) is 0 Å². The smallest absolute Gasteiger partial charge is 0.0397 e. The van der Waals surface area contributed by atoms with Gasteiger partial charge in [0.2, 0.25) is 0 Å². The molecule has 3 aromatic carbocycles. The van der Waals surface area contributed by atoms with E-state index in [0.717, 1.165) is 58.7 Å². The molecule has 5 atom stereocenters. The Bertz CT molecular complexity index is 1640. The minimum atomic E-state index is 0.151. The molecule has 53 heavy (non-hydrogen) atoms. The zero-order valence-electron chi connectivity index (χ0n) is 35.4. The number of aryl methyl sites for hydroxylation is 1. The standard InChI is InChI=1S/C47H72N6/c1-33-25-37(47(9,10)11)17-22-44(33)51-24-23-48-38(29-51)26-42-31-53(41-20-15-36(16-21-41)46(6,7)8)32-43(50(42)12)27-39-30-52(28-34(2)49-39)40-18-13-35(14-19-40)45(3,4)5/h13-22,25,34,38-39,42-43,48-49H,23-24,26-32H2,1-12H3/t34-,38-,39?,42?,43-/m1/s1. The van der Waals surface area contributed by atoms with Crippen LogP contribution in [0, 0.1) is 6.92 Å². The van der Waals surface area contributed by atoms with Crippen LogP contribution >= 0.6 is 0 Å². The Morgan fingerprint density at radius 2 is 1.06 bits per heavy atom. The molecule has 3 aliphatic heterocycles. The fraction of sp³-hybridized carbons (Fsp3) is 0.617. The Kier molecular flexibility index (Phi) is 11.7. The topological polar surface area (TPSA) is 37.0 Å². The lowest BCUT2D eigenvalue weighted by Gasteiger charge is -2.50. The second kappa shape index (κ2) is 15.6. The molecule has 6 heteroatoms. The molecule has 0 amide bonds. The number of anilines is 3. The summed E-state index contributed by atoms with van der Waals surface area (Å²) >= 11 is 0. The van der Waals surface area contributed by atoms with Crippen molar-refractivity contribution in [2.75, 3.05) is 67.6 Å². The average molecular weight is 721 g/mol. The third-order valence-corrected chi connectivity index (χ3v) is 12.4. The van der Waals surface area contributed by atoms with Gasteiger partial charge < -0.3 is 25.3 Å². The number of piperazine rings is 3. The van der Waals surface area contributed by atoms with E-state index < -0.39 is 0 Å². The van der Waals surface area contributed by atoms with Gasteiger partial charge in [0.1, 0.15) is 0 Å². The summed E-state index contributed by atoms with van der Waals surface area (Å²) in [6.07, 6.45) is 2.27. The fourth-order valence-corrected chi connectivity index (χ4v) is 9.04. The minimum absolute atomic E-state index is 0.151. The second-order valence-electron chi connectivity index (χ2n) is 20.0. The number of nitrogens with one attached hydrogen (secondary N) is 2. The maximum atomic E-state index is 4.03. The van der Waals surface area contributed by atoms with Crippen LogP contribution < -0.4 is 25.3 Å². The van der Waals surface area contributed by atoms with Crippen LogP contribution in [0.15, 0.2) is 66.7 Å². The van der Waals surface area contributed by atoms with E-state index in [1.165, 1.54) is 39.3 Å². The maximum Gasteiger partial charge on any atom is 0.0397 e. The molecular weight excluding hydrogens is 649 g/mol. The molecule has 3 fully saturated rings. The molecule has 290 valence electrons. The highest BCUT2D eigenvalue weighted by molar-refractivity contribution is 5.56. The van der Waals surface area contributed by atoms with Crippen molar-refractivity contribution in [3.63, 3.8) is 0 Å². The second-order valence-corrected chi connectivity index (χ2v) is 20.0. The SMILES string of the molecule is Cc1cc(C(C)(C)C)ccc1N1CCN[C@H](CC2CN(c3ccc(C(C)(C)C)cc3)C[C@@H](CC3CN(c4ccc(C(C)(C)C)cc4)C[C@@H](C)N3)N2C)C1. The van der Waals surface area contributed by atoms with Gasteiger partial charge in [-0.05, 0) is 103 Å². The third-order valence-electron chi connectivity index (χ3n) is 12.4. The Morgan fingerprint density at radius 1 is 0.585 bits per heavy atom. The summed E-state index contributed by atoms with van der Waals surface area (Å²) in [5.41, 5.74) is 10.2. The Morgan fingerprint density at radius 3 is 1.57 bits per heavy atom. The number of nitrogens with zero attached hydrogens (tertiary/aromatic N) is 4. The van der Waals surface area contributed by atoms with Crippen LogP contribution in [0.1, 0.15) is 104 Å². The molecule has 3 aromatic rings. The highest BCUT2D eigenvalue weighted by Crippen LogP contribution is 2.33. The maximum absolute atomic E-state index is 4.03. The highest BCUT2D eigenvalue weighted by Gasteiger charge is 2.37. The quantitative estimate of drug-likeness (QED) is 0.255. The Labute approximate surface area is 323 Å². The molecule has 3 heterocycles. The summed E-state index contributed by atoms with van der Waals surface area (Å²) < 4.78 is 0. The van der Waals surface area contributed by atoms with E-state index in [2.05, 4.69) is 180 Å². The molecule has 2 N–H and O–H groups in total. The first kappa shape index (κ1) is 39.6. The first-order valence-corrected chi connectivity index (χ1v) is 20.6. The number of benzene rings is 3. The van der Waals surface area contributed by atoms with Crippen LogP contribution in [0.25, 0.3) is 0 Å². The summed E-state index contributed by atoms with van der Waals surface area (Å²) in [6, 6.07) is 28.2. The first-order chi connectivity index (χ1) is 24.8. The third kappa shape index (κ3) is 9.61. The zero-order valence-corrected chi connectivity index (χ0v) is 35.4. The van der Waals surface area contributed by atoms with E-state index in [-0.39, 0.29) is 16.2 Å². The predicted molar refractivity (Wildman–Crippen MR) is 230 cm³/mol. The van der Waals surface area contributed by atoms with Gasteiger partial charge in [-0.1, -0.05) is 98.7 Å². The minimum Gasteiger partial charge on any atom is -0.368 e. The summed E-state index contributed by atoms with van der Waals surface area (Å²) in [7, 11) is 2.42. The molecule has 0 radical (unpaired) electrons. The first-order valence-electron chi connectivity index (χ1n) is 20.6. The summed E-state index contributed by atoms with van der Waals surface area (Å²) in [6.45, 7) is 32.8. The van der Waals surface area contributed by atoms with Gasteiger partial charge in [0.05, 0.1) is 0 Å². The molecule has 0 aliphatic carbocycles. The normalized spacial score (nSPS) is 25.2. The average Bonchev–Trinajstić information content (AvgIpc) is 3.09. The van der Waals surface area contributed by atoms with Gasteiger partial charge in [-0.2, -0.15) is 0 Å². The van der Waals surface area contributed by atoms with Crippen molar-refractivity contribution < 1.29 is 0 Å². The van der Waals surface area contributed by atoms with E-state index in [4.69, 9.17) is 0 Å². The molecule has 3 aliphatic rings. The molecule has 0 spiro atoms. The molecule has 6 nitrogen and oxygen atoms in total. The van der Waals surface area contributed by atoms with Crippen LogP contribution in [0.4, 0.5) is 17.1 Å². The van der Waals surface area contributed by atoms with Gasteiger partial charge >= 0.3 is 0 Å². The molecule has 0 saturated carbocycles. The van der Waals surface area contributed by atoms with Crippen LogP contribution in [0.2, 0.25) is 0 Å². The van der Waals surface area contributed by atoms with Crippen LogP contribution in [-0.4, -0.2) is 88.0 Å². The summed E-state index contributed by atoms with van der Waals surface area (Å²) in [4.78, 5) is 10.7. The van der Waals surface area contributed by atoms with Gasteiger partial charge in [-0.25, -0.2) is 0 Å². The lowest BCUT2D eigenvalue weighted by molar-refractivity contribution is 0.112. The van der Waals surface area contributed by atoms with Gasteiger partial charge in [0, 0.05) is 93.1 Å². The summed E-state index contributed by atoms with van der Waals surface area (Å²) in [5, 5.41) is 7.98. The predicted octanol–water partition coefficient (Wildman–Crippen LogP) is 8.50. The highest BCUT2D eigenvalue weighted by atomic mass is 15.3. The van der Waals surface area contributed by atoms with Crippen molar-refractivity contribution in [2.24, 2.45) is 0 Å². The van der Waals surface area contributed by atoms with E-state index >= 15 is 0 Å². The van der Waals surface area contributed by atoms with Crippen molar-refractivity contribution in [1.29, 1.82) is 0 Å². The largest absolute Gasteiger partial charge is 0.368 e. The molecule has 3 saturated heterocycles. The van der Waals surface area contributed by atoms with Crippen LogP contribution in [0.3, 0.4) is 0 Å². The molecule has 0 aromatic heterocycles. The van der Waals surface area contributed by atoms with Gasteiger partial charge in [0.25, 0.3) is 0 Å². The summed E-state index contributed by atoms with van der Waals surface area (Å²) in [5.74, 6) is 0. The number of hydrogen-bond donors (Lipinski definition) is 2. The van der Waals surface area contributed by atoms with Crippen molar-refractivity contribution in [3.8, 4) is 0 Å². The Balaban J connectivity index is 1.20. The number of hydrogen-bond acceptors (Lipinski definition) is 6. The van der Waals surface area contributed by atoms with E-state index in [9.17, 15) is 0 Å².